The van der Waals surface area contributed by atoms with Crippen molar-refractivity contribution in [2.75, 3.05) is 13.2 Å². The summed E-state index contributed by atoms with van der Waals surface area (Å²) in [6, 6.07) is 0. The van der Waals surface area contributed by atoms with Crippen molar-refractivity contribution in [1.82, 2.24) is 5.48 Å². The molecule has 0 aromatic carbocycles. The van der Waals surface area contributed by atoms with Gasteiger partial charge in [-0.25, -0.2) is 0 Å². The van der Waals surface area contributed by atoms with Crippen molar-refractivity contribution in [3.63, 3.8) is 0 Å². The summed E-state index contributed by atoms with van der Waals surface area (Å²) in [6.45, 7) is 13.5. The van der Waals surface area contributed by atoms with E-state index >= 15 is 0 Å². The maximum atomic E-state index is 8.75. The monoisotopic (exact) mass is 274 g/mol. The van der Waals surface area contributed by atoms with Crippen LogP contribution in [0.5, 0.6) is 0 Å². The first-order chi connectivity index (χ1) is 8.68. The number of hydroxylamine groups is 1. The highest BCUT2D eigenvalue weighted by Crippen LogP contribution is 2.39. The van der Waals surface area contributed by atoms with Gasteiger partial charge in [-0.3, -0.25) is 16.1 Å². The molecule has 0 amide bonds. The second-order valence-electron chi connectivity index (χ2n) is 6.34. The lowest BCUT2D eigenvalue weighted by molar-refractivity contribution is -0.201. The topological polar surface area (TPSA) is 74.6 Å². The highest BCUT2D eigenvalue weighted by molar-refractivity contribution is 5.78. The molecule has 0 aliphatic carbocycles. The summed E-state index contributed by atoms with van der Waals surface area (Å²) < 4.78 is 11.4. The van der Waals surface area contributed by atoms with Crippen LogP contribution in [-0.2, 0) is 9.47 Å². The molecule has 0 atom stereocenters. The highest BCUT2D eigenvalue weighted by atomic mass is 16.7. The fourth-order valence-electron chi connectivity index (χ4n) is 2.70. The lowest BCUT2D eigenvalue weighted by atomic mass is 9.72. The molecule has 0 aromatic heterocycles. The van der Waals surface area contributed by atoms with Gasteiger partial charge in [0.2, 0.25) is 0 Å². The van der Waals surface area contributed by atoms with E-state index in [1.54, 1.807) is 0 Å². The third-order valence-electron chi connectivity index (χ3n) is 3.00. The molecule has 114 valence electrons. The molecule has 0 aliphatic heterocycles. The van der Waals surface area contributed by atoms with Crippen molar-refractivity contribution >= 4 is 5.84 Å². The first-order valence-corrected chi connectivity index (χ1v) is 6.89. The van der Waals surface area contributed by atoms with Gasteiger partial charge in [-0.05, 0) is 25.7 Å². The second kappa shape index (κ2) is 7.82. The van der Waals surface area contributed by atoms with Gasteiger partial charge in [-0.1, -0.05) is 27.7 Å². The molecule has 0 bridgehead atoms. The van der Waals surface area contributed by atoms with E-state index in [0.29, 0.717) is 19.6 Å². The van der Waals surface area contributed by atoms with E-state index in [2.05, 4.69) is 27.7 Å². The molecule has 19 heavy (non-hydrogen) atoms. The van der Waals surface area contributed by atoms with E-state index in [1.807, 2.05) is 19.3 Å². The number of rotatable bonds is 9. The maximum absolute atomic E-state index is 8.75. The summed E-state index contributed by atoms with van der Waals surface area (Å²) in [4.78, 5) is 0. The average Bonchev–Trinajstić information content (AvgIpc) is 2.26. The average molecular weight is 274 g/mol. The van der Waals surface area contributed by atoms with E-state index in [4.69, 9.17) is 20.1 Å². The van der Waals surface area contributed by atoms with E-state index in [-0.39, 0.29) is 23.0 Å². The van der Waals surface area contributed by atoms with Gasteiger partial charge < -0.3 is 9.47 Å². The molecule has 5 nitrogen and oxygen atoms in total. The zero-order chi connectivity index (χ0) is 15.1. The van der Waals surface area contributed by atoms with Crippen LogP contribution in [0.4, 0.5) is 0 Å². The summed E-state index contributed by atoms with van der Waals surface area (Å²) in [5, 5.41) is 16.3. The first kappa shape index (κ1) is 18.4. The van der Waals surface area contributed by atoms with E-state index < -0.39 is 0 Å². The number of nitrogens with one attached hydrogen (secondary N) is 2. The fraction of sp³-hybridized carbons (Fsp3) is 0.929. The van der Waals surface area contributed by atoms with Gasteiger partial charge in [0.05, 0.1) is 0 Å². The van der Waals surface area contributed by atoms with Crippen LogP contribution in [-0.4, -0.2) is 30.5 Å². The molecule has 0 rings (SSSR count). The summed E-state index contributed by atoms with van der Waals surface area (Å²) >= 11 is 0. The van der Waals surface area contributed by atoms with Crippen LogP contribution in [0.1, 0.15) is 54.4 Å². The van der Waals surface area contributed by atoms with Crippen LogP contribution >= 0.6 is 0 Å². The Morgan fingerprint density at radius 2 is 1.63 bits per heavy atom. The third-order valence-corrected chi connectivity index (χ3v) is 3.00. The van der Waals surface area contributed by atoms with Gasteiger partial charge in [0.15, 0.2) is 6.29 Å². The van der Waals surface area contributed by atoms with Gasteiger partial charge in [-0.2, -0.15) is 0 Å². The molecule has 0 heterocycles. The van der Waals surface area contributed by atoms with E-state index in [0.717, 1.165) is 6.42 Å². The minimum atomic E-state index is -0.252. The molecule has 0 saturated carbocycles. The quantitative estimate of drug-likeness (QED) is 0.261. The van der Waals surface area contributed by atoms with Gasteiger partial charge in [-0.15, -0.1) is 0 Å². The van der Waals surface area contributed by atoms with Gasteiger partial charge in [0.25, 0.3) is 0 Å². The number of hydrogen-bond donors (Lipinski definition) is 3. The molecule has 0 saturated heterocycles. The summed E-state index contributed by atoms with van der Waals surface area (Å²) in [7, 11) is 0. The predicted octanol–water partition coefficient (Wildman–Crippen LogP) is 3.17. The van der Waals surface area contributed by atoms with E-state index in [9.17, 15) is 0 Å². The Balaban J connectivity index is 4.73. The summed E-state index contributed by atoms with van der Waals surface area (Å²) in [5.74, 6) is 0.130. The van der Waals surface area contributed by atoms with Gasteiger partial charge >= 0.3 is 0 Å². The zero-order valence-corrected chi connectivity index (χ0v) is 13.2. The van der Waals surface area contributed by atoms with Crippen LogP contribution in [0.25, 0.3) is 0 Å². The third kappa shape index (κ3) is 6.89. The molecule has 0 radical (unpaired) electrons. The standard InChI is InChI=1S/C14H30N2O3/c1-7-18-12(19-8-2)14(5,6)10-13(3,4)9-11(15)16-17/h12,17H,7-10H2,1-6H3,(H2,15,16). The Labute approximate surface area is 117 Å². The Hall–Kier alpha value is -0.650. The Morgan fingerprint density at radius 1 is 1.16 bits per heavy atom. The van der Waals surface area contributed by atoms with Crippen molar-refractivity contribution in [3.05, 3.63) is 0 Å². The zero-order valence-electron chi connectivity index (χ0n) is 13.2. The molecule has 0 unspecified atom stereocenters. The minimum absolute atomic E-state index is 0.122. The van der Waals surface area contributed by atoms with Crippen molar-refractivity contribution in [3.8, 4) is 0 Å². The van der Waals surface area contributed by atoms with Crippen molar-refractivity contribution in [1.29, 1.82) is 5.41 Å². The van der Waals surface area contributed by atoms with Crippen LogP contribution in [0, 0.1) is 16.2 Å². The Bertz CT molecular complexity index is 272. The SMILES string of the molecule is CCOC(OCC)C(C)(C)CC(C)(C)CC(=N)NO. The molecule has 0 aromatic rings. The highest BCUT2D eigenvalue weighted by Gasteiger charge is 2.37. The van der Waals surface area contributed by atoms with Gasteiger partial charge in [0.1, 0.15) is 5.84 Å². The van der Waals surface area contributed by atoms with Gasteiger partial charge in [0, 0.05) is 25.0 Å². The largest absolute Gasteiger partial charge is 0.352 e. The number of hydrogen-bond acceptors (Lipinski definition) is 4. The second-order valence-corrected chi connectivity index (χ2v) is 6.34. The molecular weight excluding hydrogens is 244 g/mol. The Morgan fingerprint density at radius 3 is 2.00 bits per heavy atom. The van der Waals surface area contributed by atoms with Crippen LogP contribution in [0.2, 0.25) is 0 Å². The Kier molecular flexibility index (Phi) is 7.55. The van der Waals surface area contributed by atoms with Crippen LogP contribution in [0.3, 0.4) is 0 Å². The molecule has 5 heteroatoms. The van der Waals surface area contributed by atoms with Crippen molar-refractivity contribution < 1.29 is 14.7 Å². The molecule has 3 N–H and O–H groups in total. The first-order valence-electron chi connectivity index (χ1n) is 6.89. The van der Waals surface area contributed by atoms with Crippen molar-refractivity contribution in [2.45, 2.75) is 60.7 Å². The van der Waals surface area contributed by atoms with Crippen LogP contribution < -0.4 is 5.48 Å². The smallest absolute Gasteiger partial charge is 0.162 e. The summed E-state index contributed by atoms with van der Waals surface area (Å²) in [6.07, 6.45) is 1.06. The number of ether oxygens (including phenoxy) is 2. The van der Waals surface area contributed by atoms with Crippen LogP contribution in [0.15, 0.2) is 0 Å². The van der Waals surface area contributed by atoms with Crippen molar-refractivity contribution in [2.24, 2.45) is 10.8 Å². The lowest BCUT2D eigenvalue weighted by Crippen LogP contribution is -2.39. The lowest BCUT2D eigenvalue weighted by Gasteiger charge is -2.39. The summed E-state index contributed by atoms with van der Waals surface area (Å²) in [5.41, 5.74) is 1.62. The molecule has 0 spiro atoms. The molecular formula is C14H30N2O3. The minimum Gasteiger partial charge on any atom is -0.352 e. The number of amidine groups is 1. The van der Waals surface area contributed by atoms with E-state index in [1.165, 1.54) is 0 Å². The molecule has 0 aliphatic rings. The fourth-order valence-corrected chi connectivity index (χ4v) is 2.70. The predicted molar refractivity (Wildman–Crippen MR) is 76.5 cm³/mol. The maximum Gasteiger partial charge on any atom is 0.162 e. The molecule has 0 fully saturated rings. The normalized spacial score (nSPS) is 12.8.